The summed E-state index contributed by atoms with van der Waals surface area (Å²) in [5.74, 6) is 0.377. The first-order valence-corrected chi connectivity index (χ1v) is 5.25. The molecule has 0 aromatic heterocycles. The van der Waals surface area contributed by atoms with Gasteiger partial charge in [0.25, 0.3) is 0 Å². The lowest BCUT2D eigenvalue weighted by Gasteiger charge is -2.24. The summed E-state index contributed by atoms with van der Waals surface area (Å²) in [7, 11) is 0. The van der Waals surface area contributed by atoms with E-state index in [1.165, 1.54) is 5.56 Å². The number of hydrogen-bond donors (Lipinski definition) is 1. The van der Waals surface area contributed by atoms with Crippen LogP contribution in [0.4, 0.5) is 10.1 Å². The normalized spacial score (nSPS) is 27.5. The van der Waals surface area contributed by atoms with Gasteiger partial charge in [-0.2, -0.15) is 0 Å². The second kappa shape index (κ2) is 3.99. The molecule has 1 aromatic carbocycles. The number of anilines is 1. The van der Waals surface area contributed by atoms with E-state index in [2.05, 4.69) is 6.07 Å². The average Bonchev–Trinajstić information content (AvgIpc) is 2.18. The molecule has 2 rings (SSSR count). The molecule has 0 heterocycles. The van der Waals surface area contributed by atoms with Gasteiger partial charge in [-0.05, 0) is 49.3 Å². The van der Waals surface area contributed by atoms with Crippen molar-refractivity contribution < 1.29 is 4.39 Å². The van der Waals surface area contributed by atoms with E-state index in [-0.39, 0.29) is 0 Å². The molecule has 1 fully saturated rings. The van der Waals surface area contributed by atoms with Crippen molar-refractivity contribution in [1.29, 1.82) is 0 Å². The van der Waals surface area contributed by atoms with Gasteiger partial charge in [0.15, 0.2) is 0 Å². The predicted molar refractivity (Wildman–Crippen MR) is 57.0 cm³/mol. The van der Waals surface area contributed by atoms with E-state index in [9.17, 15) is 4.39 Å². The smallest absolute Gasteiger partial charge is 0.101 e. The Hall–Kier alpha value is -1.05. The Bertz CT molecular complexity index is 311. The average molecular weight is 193 g/mol. The first-order chi connectivity index (χ1) is 6.75. The van der Waals surface area contributed by atoms with E-state index < -0.39 is 6.17 Å². The molecule has 1 nitrogen and oxygen atoms in total. The lowest BCUT2D eigenvalue weighted by molar-refractivity contribution is 0.231. The fourth-order valence-electron chi connectivity index (χ4n) is 2.25. The third-order valence-electron chi connectivity index (χ3n) is 2.99. The molecule has 76 valence electrons. The Balaban J connectivity index is 2.14. The third kappa shape index (κ3) is 2.06. The van der Waals surface area contributed by atoms with E-state index in [0.717, 1.165) is 24.9 Å². The van der Waals surface area contributed by atoms with Crippen LogP contribution in [0.2, 0.25) is 0 Å². The Kier molecular flexibility index (Phi) is 2.71. The molecule has 0 aliphatic heterocycles. The van der Waals surface area contributed by atoms with Gasteiger partial charge >= 0.3 is 0 Å². The predicted octanol–water partition coefficient (Wildman–Crippen LogP) is 3.26. The largest absolute Gasteiger partial charge is 0.399 e. The van der Waals surface area contributed by atoms with Crippen molar-refractivity contribution in [3.8, 4) is 0 Å². The van der Waals surface area contributed by atoms with Crippen molar-refractivity contribution in [3.63, 3.8) is 0 Å². The topological polar surface area (TPSA) is 26.0 Å². The Labute approximate surface area is 84.1 Å². The van der Waals surface area contributed by atoms with Gasteiger partial charge in [0.05, 0.1) is 0 Å². The maximum absolute atomic E-state index is 13.2. The van der Waals surface area contributed by atoms with Crippen LogP contribution in [0.25, 0.3) is 0 Å². The number of benzene rings is 1. The molecule has 0 amide bonds. The van der Waals surface area contributed by atoms with Gasteiger partial charge in [-0.15, -0.1) is 0 Å². The summed E-state index contributed by atoms with van der Waals surface area (Å²) in [5, 5.41) is 0. The van der Waals surface area contributed by atoms with E-state index in [1.54, 1.807) is 0 Å². The molecule has 1 aromatic rings. The molecule has 14 heavy (non-hydrogen) atoms. The monoisotopic (exact) mass is 193 g/mol. The molecule has 2 heteroatoms. The van der Waals surface area contributed by atoms with Crippen LogP contribution in [0, 0.1) is 0 Å². The number of nitrogen functional groups attached to an aromatic ring is 1. The van der Waals surface area contributed by atoms with Crippen LogP contribution in [0.5, 0.6) is 0 Å². The van der Waals surface area contributed by atoms with Gasteiger partial charge < -0.3 is 5.73 Å². The fourth-order valence-corrected chi connectivity index (χ4v) is 2.25. The summed E-state index contributed by atoms with van der Waals surface area (Å²) in [6, 6.07) is 7.85. The van der Waals surface area contributed by atoms with Crippen LogP contribution < -0.4 is 5.73 Å². The highest BCUT2D eigenvalue weighted by atomic mass is 19.1. The maximum atomic E-state index is 13.2. The molecule has 0 spiro atoms. The highest BCUT2D eigenvalue weighted by Gasteiger charge is 2.22. The zero-order valence-electron chi connectivity index (χ0n) is 8.25. The SMILES string of the molecule is Nc1cccc(C2CCCC(F)C2)c1. The van der Waals surface area contributed by atoms with Gasteiger partial charge in [0.2, 0.25) is 0 Å². The van der Waals surface area contributed by atoms with Crippen molar-refractivity contribution in [2.75, 3.05) is 5.73 Å². The highest BCUT2D eigenvalue weighted by Crippen LogP contribution is 2.34. The number of halogens is 1. The molecular weight excluding hydrogens is 177 g/mol. The third-order valence-corrected chi connectivity index (χ3v) is 2.99. The molecule has 0 radical (unpaired) electrons. The van der Waals surface area contributed by atoms with Crippen molar-refractivity contribution in [2.24, 2.45) is 0 Å². The number of hydrogen-bond acceptors (Lipinski definition) is 1. The lowest BCUT2D eigenvalue weighted by Crippen LogP contribution is -2.14. The van der Waals surface area contributed by atoms with Crippen LogP contribution in [-0.2, 0) is 0 Å². The molecule has 0 bridgehead atoms. The van der Waals surface area contributed by atoms with Crippen LogP contribution in [0.1, 0.15) is 37.2 Å². The van der Waals surface area contributed by atoms with Crippen molar-refractivity contribution >= 4 is 5.69 Å². The maximum Gasteiger partial charge on any atom is 0.101 e. The number of nitrogens with two attached hydrogens (primary N) is 1. The Morgan fingerprint density at radius 2 is 2.14 bits per heavy atom. The molecular formula is C12H16FN. The first-order valence-electron chi connectivity index (χ1n) is 5.25. The summed E-state index contributed by atoms with van der Waals surface area (Å²) < 4.78 is 13.2. The van der Waals surface area contributed by atoms with Gasteiger partial charge in [0, 0.05) is 5.69 Å². The molecule has 1 aliphatic rings. The second-order valence-electron chi connectivity index (χ2n) is 4.13. The summed E-state index contributed by atoms with van der Waals surface area (Å²) in [6.07, 6.45) is 2.89. The zero-order valence-corrected chi connectivity index (χ0v) is 8.25. The van der Waals surface area contributed by atoms with Gasteiger partial charge in [-0.25, -0.2) is 4.39 Å². The molecule has 1 aliphatic carbocycles. The quantitative estimate of drug-likeness (QED) is 0.681. The Morgan fingerprint density at radius 1 is 1.29 bits per heavy atom. The number of alkyl halides is 1. The summed E-state index contributed by atoms with van der Waals surface area (Å²) in [6.45, 7) is 0. The molecule has 2 atom stereocenters. The van der Waals surface area contributed by atoms with Gasteiger partial charge in [-0.1, -0.05) is 12.1 Å². The second-order valence-corrected chi connectivity index (χ2v) is 4.13. The highest BCUT2D eigenvalue weighted by molar-refractivity contribution is 5.41. The minimum atomic E-state index is -0.616. The van der Waals surface area contributed by atoms with Crippen molar-refractivity contribution in [3.05, 3.63) is 29.8 Å². The summed E-state index contributed by atoms with van der Waals surface area (Å²) in [4.78, 5) is 0. The Morgan fingerprint density at radius 3 is 2.86 bits per heavy atom. The summed E-state index contributed by atoms with van der Waals surface area (Å²) >= 11 is 0. The zero-order chi connectivity index (χ0) is 9.97. The molecule has 1 saturated carbocycles. The minimum absolute atomic E-state index is 0.377. The van der Waals surface area contributed by atoms with Crippen LogP contribution in [0.15, 0.2) is 24.3 Å². The minimum Gasteiger partial charge on any atom is -0.399 e. The standard InChI is InChI=1S/C12H16FN/c13-11-5-1-3-9(7-11)10-4-2-6-12(14)8-10/h2,4,6,8-9,11H,1,3,5,7,14H2. The van der Waals surface area contributed by atoms with E-state index >= 15 is 0 Å². The first kappa shape index (κ1) is 9.50. The van der Waals surface area contributed by atoms with Crippen LogP contribution >= 0.6 is 0 Å². The fraction of sp³-hybridized carbons (Fsp3) is 0.500. The molecule has 0 saturated heterocycles. The molecule has 2 unspecified atom stereocenters. The van der Waals surface area contributed by atoms with Crippen molar-refractivity contribution in [2.45, 2.75) is 37.8 Å². The van der Waals surface area contributed by atoms with E-state index in [0.29, 0.717) is 12.3 Å². The molecule has 2 N–H and O–H groups in total. The van der Waals surface area contributed by atoms with E-state index in [4.69, 9.17) is 5.73 Å². The van der Waals surface area contributed by atoms with Crippen LogP contribution in [0.3, 0.4) is 0 Å². The number of rotatable bonds is 1. The van der Waals surface area contributed by atoms with Crippen LogP contribution in [-0.4, -0.2) is 6.17 Å². The van der Waals surface area contributed by atoms with Gasteiger partial charge in [-0.3, -0.25) is 0 Å². The van der Waals surface area contributed by atoms with Gasteiger partial charge in [0.1, 0.15) is 6.17 Å². The van der Waals surface area contributed by atoms with E-state index in [1.807, 2.05) is 18.2 Å². The van der Waals surface area contributed by atoms with Crippen molar-refractivity contribution in [1.82, 2.24) is 0 Å². The lowest BCUT2D eigenvalue weighted by atomic mass is 9.83. The summed E-state index contributed by atoms with van der Waals surface area (Å²) in [5.41, 5.74) is 7.69.